The Hall–Kier alpha value is -1.88. The minimum absolute atomic E-state index is 0.126. The summed E-state index contributed by atoms with van der Waals surface area (Å²) < 4.78 is 53.6. The van der Waals surface area contributed by atoms with E-state index in [-0.39, 0.29) is 24.1 Å². The number of sulfonamides is 1. The van der Waals surface area contributed by atoms with Gasteiger partial charge in [0.2, 0.25) is 15.9 Å². The van der Waals surface area contributed by atoms with Crippen LogP contribution in [-0.4, -0.2) is 44.9 Å². The molecule has 2 heterocycles. The number of carbonyl (C=O) groups is 1. The van der Waals surface area contributed by atoms with Crippen molar-refractivity contribution in [2.24, 2.45) is 0 Å². The largest absolute Gasteiger partial charge is 0.326 e. The van der Waals surface area contributed by atoms with Crippen molar-refractivity contribution in [1.82, 2.24) is 9.62 Å². The number of hydrogen-bond acceptors (Lipinski definition) is 5. The van der Waals surface area contributed by atoms with Gasteiger partial charge in [-0.15, -0.1) is 11.3 Å². The van der Waals surface area contributed by atoms with Crippen molar-refractivity contribution in [3.8, 4) is 0 Å². The van der Waals surface area contributed by atoms with E-state index in [9.17, 15) is 22.0 Å². The molecule has 3 rings (SSSR count). The van der Waals surface area contributed by atoms with E-state index in [4.69, 9.17) is 0 Å². The Bertz CT molecular complexity index is 912. The number of nitrogens with one attached hydrogen (secondary N) is 2. The Morgan fingerprint density at radius 3 is 2.57 bits per heavy atom. The molecule has 0 unspecified atom stereocenters. The average molecular weight is 430 g/mol. The molecule has 1 aliphatic heterocycles. The molecule has 2 aromatic rings. The molecule has 1 fully saturated rings. The number of rotatable bonds is 7. The molecule has 6 nitrogen and oxygen atoms in total. The van der Waals surface area contributed by atoms with E-state index in [1.807, 2.05) is 0 Å². The highest BCUT2D eigenvalue weighted by molar-refractivity contribution is 7.91. The topological polar surface area (TPSA) is 78.5 Å². The first kappa shape index (κ1) is 20.8. The lowest BCUT2D eigenvalue weighted by Gasteiger charge is -2.31. The zero-order valence-corrected chi connectivity index (χ0v) is 16.7. The van der Waals surface area contributed by atoms with Gasteiger partial charge < -0.3 is 10.2 Å². The second kappa shape index (κ2) is 9.08. The molecule has 1 amide bonds. The molecule has 1 saturated heterocycles. The Morgan fingerprint density at radius 2 is 1.93 bits per heavy atom. The van der Waals surface area contributed by atoms with Gasteiger partial charge in [0.15, 0.2) is 11.6 Å². The van der Waals surface area contributed by atoms with Gasteiger partial charge in [0.1, 0.15) is 4.21 Å². The molecule has 0 aliphatic carbocycles. The summed E-state index contributed by atoms with van der Waals surface area (Å²) in [5, 5.41) is 4.27. The molecule has 152 valence electrons. The van der Waals surface area contributed by atoms with E-state index >= 15 is 0 Å². The van der Waals surface area contributed by atoms with Crippen molar-refractivity contribution in [1.29, 1.82) is 0 Å². The predicted molar refractivity (Wildman–Crippen MR) is 104 cm³/mol. The second-order valence-electron chi connectivity index (χ2n) is 6.60. The van der Waals surface area contributed by atoms with Crippen molar-refractivity contribution in [2.75, 3.05) is 25.0 Å². The number of thiophene rings is 1. The second-order valence-corrected chi connectivity index (χ2v) is 9.48. The fourth-order valence-electron chi connectivity index (χ4n) is 3.03. The van der Waals surface area contributed by atoms with Crippen LogP contribution in [0.1, 0.15) is 19.3 Å². The maximum atomic E-state index is 13.2. The van der Waals surface area contributed by atoms with Crippen LogP contribution in [0.25, 0.3) is 0 Å². The predicted octanol–water partition coefficient (Wildman–Crippen LogP) is 2.80. The van der Waals surface area contributed by atoms with Gasteiger partial charge in [0, 0.05) is 30.8 Å². The number of anilines is 1. The van der Waals surface area contributed by atoms with Gasteiger partial charge in [-0.2, -0.15) is 0 Å². The summed E-state index contributed by atoms with van der Waals surface area (Å²) in [6.07, 6.45) is 1.54. The normalized spacial score (nSPS) is 16.2. The molecule has 0 bridgehead atoms. The third-order valence-electron chi connectivity index (χ3n) is 4.53. The van der Waals surface area contributed by atoms with Crippen LogP contribution in [0.15, 0.2) is 39.9 Å². The molecule has 1 aromatic heterocycles. The van der Waals surface area contributed by atoms with Gasteiger partial charge >= 0.3 is 0 Å². The quantitative estimate of drug-likeness (QED) is 0.710. The maximum Gasteiger partial charge on any atom is 0.250 e. The molecule has 28 heavy (non-hydrogen) atoms. The van der Waals surface area contributed by atoms with Gasteiger partial charge in [-0.05, 0) is 49.5 Å². The zero-order chi connectivity index (χ0) is 20.1. The number of piperidine rings is 1. The monoisotopic (exact) mass is 429 g/mol. The van der Waals surface area contributed by atoms with Crippen LogP contribution < -0.4 is 10.0 Å². The van der Waals surface area contributed by atoms with Crippen molar-refractivity contribution in [2.45, 2.75) is 29.5 Å². The summed E-state index contributed by atoms with van der Waals surface area (Å²) >= 11 is 1.18. The van der Waals surface area contributed by atoms with Crippen LogP contribution in [0.2, 0.25) is 0 Å². The third-order valence-corrected chi connectivity index (χ3v) is 7.45. The third kappa shape index (κ3) is 5.57. The van der Waals surface area contributed by atoms with Crippen molar-refractivity contribution < 1.29 is 22.0 Å². The Kier molecular flexibility index (Phi) is 6.76. The molecule has 2 N–H and O–H groups in total. The highest BCUT2D eigenvalue weighted by Gasteiger charge is 2.25. The summed E-state index contributed by atoms with van der Waals surface area (Å²) in [5.74, 6) is -2.26. The summed E-state index contributed by atoms with van der Waals surface area (Å²) in [7, 11) is -3.47. The van der Waals surface area contributed by atoms with Crippen LogP contribution in [0.3, 0.4) is 0 Å². The van der Waals surface area contributed by atoms with Gasteiger partial charge in [-0.3, -0.25) is 4.79 Å². The SMILES string of the molecule is O=C(CCN1CCC(NS(=O)(=O)c2cccs2)CC1)Nc1ccc(F)c(F)c1. The molecular weight excluding hydrogens is 408 g/mol. The molecule has 10 heteroatoms. The number of amides is 1. The fourth-order valence-corrected chi connectivity index (χ4v) is 5.34. The summed E-state index contributed by atoms with van der Waals surface area (Å²) in [5.41, 5.74) is 0.214. The summed E-state index contributed by atoms with van der Waals surface area (Å²) in [4.78, 5) is 14.1. The highest BCUT2D eigenvalue weighted by Crippen LogP contribution is 2.19. The van der Waals surface area contributed by atoms with E-state index in [1.54, 1.807) is 17.5 Å². The van der Waals surface area contributed by atoms with Gasteiger partial charge in [-0.1, -0.05) is 6.07 Å². The molecule has 1 aliphatic rings. The Balaban J connectivity index is 1.40. The number of likely N-dealkylation sites (tertiary alicyclic amines) is 1. The number of hydrogen-bond donors (Lipinski definition) is 2. The lowest BCUT2D eigenvalue weighted by atomic mass is 10.1. The van der Waals surface area contributed by atoms with E-state index in [1.165, 1.54) is 17.4 Å². The van der Waals surface area contributed by atoms with E-state index in [0.717, 1.165) is 12.1 Å². The molecule has 0 atom stereocenters. The molecule has 0 saturated carbocycles. The first-order chi connectivity index (χ1) is 13.3. The van der Waals surface area contributed by atoms with E-state index in [2.05, 4.69) is 14.9 Å². The van der Waals surface area contributed by atoms with Gasteiger partial charge in [-0.25, -0.2) is 21.9 Å². The highest BCUT2D eigenvalue weighted by atomic mass is 32.2. The van der Waals surface area contributed by atoms with E-state index in [0.29, 0.717) is 36.7 Å². The summed E-state index contributed by atoms with van der Waals surface area (Å²) in [6, 6.07) is 6.37. The average Bonchev–Trinajstić information content (AvgIpc) is 3.20. The van der Waals surface area contributed by atoms with Crippen molar-refractivity contribution in [3.63, 3.8) is 0 Å². The Labute approximate surface area is 166 Å². The standard InChI is InChI=1S/C18H21F2N3O3S2/c19-15-4-3-14(12-16(15)20)21-17(24)7-10-23-8-5-13(6-9-23)22-28(25,26)18-2-1-11-27-18/h1-4,11-13,22H,5-10H2,(H,21,24). The van der Waals surface area contributed by atoms with Crippen LogP contribution in [0.4, 0.5) is 14.5 Å². The smallest absolute Gasteiger partial charge is 0.250 e. The number of carbonyl (C=O) groups excluding carboxylic acids is 1. The fraction of sp³-hybridized carbons (Fsp3) is 0.389. The minimum atomic E-state index is -3.47. The van der Waals surface area contributed by atoms with Crippen LogP contribution in [0.5, 0.6) is 0 Å². The molecule has 0 spiro atoms. The lowest BCUT2D eigenvalue weighted by Crippen LogP contribution is -2.45. The molecule has 0 radical (unpaired) electrons. The van der Waals surface area contributed by atoms with Crippen LogP contribution in [-0.2, 0) is 14.8 Å². The van der Waals surface area contributed by atoms with Crippen LogP contribution in [0, 0.1) is 11.6 Å². The number of nitrogens with zero attached hydrogens (tertiary/aromatic N) is 1. The maximum absolute atomic E-state index is 13.2. The van der Waals surface area contributed by atoms with Crippen LogP contribution >= 0.6 is 11.3 Å². The van der Waals surface area contributed by atoms with E-state index < -0.39 is 21.7 Å². The van der Waals surface area contributed by atoms with Crippen molar-refractivity contribution in [3.05, 3.63) is 47.3 Å². The lowest BCUT2D eigenvalue weighted by molar-refractivity contribution is -0.116. The van der Waals surface area contributed by atoms with Gasteiger partial charge in [0.25, 0.3) is 0 Å². The molecule has 1 aromatic carbocycles. The zero-order valence-electron chi connectivity index (χ0n) is 15.0. The first-order valence-electron chi connectivity index (χ1n) is 8.86. The molecular formula is C18H21F2N3O3S2. The Morgan fingerprint density at radius 1 is 1.18 bits per heavy atom. The number of benzene rings is 1. The van der Waals surface area contributed by atoms with Gasteiger partial charge in [0.05, 0.1) is 0 Å². The minimum Gasteiger partial charge on any atom is -0.326 e. The summed E-state index contributed by atoms with van der Waals surface area (Å²) in [6.45, 7) is 1.87. The van der Waals surface area contributed by atoms with Crippen molar-refractivity contribution >= 4 is 33.0 Å². The number of halogens is 2. The first-order valence-corrected chi connectivity index (χ1v) is 11.2.